The third kappa shape index (κ3) is 3.57. The molecule has 3 heteroatoms. The number of nitrogens with one attached hydrogen (secondary N) is 1. The van der Waals surface area contributed by atoms with Gasteiger partial charge in [-0.1, -0.05) is 29.8 Å². The summed E-state index contributed by atoms with van der Waals surface area (Å²) in [7, 11) is 0. The molecule has 110 valence electrons. The summed E-state index contributed by atoms with van der Waals surface area (Å²) >= 11 is 2.08. The molecule has 2 nitrogen and oxygen atoms in total. The highest BCUT2D eigenvalue weighted by Gasteiger charge is 2.38. The Bertz CT molecular complexity index is 437. The van der Waals surface area contributed by atoms with E-state index >= 15 is 0 Å². The van der Waals surface area contributed by atoms with E-state index in [1.807, 2.05) is 0 Å². The first-order valence-electron chi connectivity index (χ1n) is 7.76. The van der Waals surface area contributed by atoms with Gasteiger partial charge < -0.3 is 10.1 Å². The maximum absolute atomic E-state index is 6.15. The summed E-state index contributed by atoms with van der Waals surface area (Å²) < 4.78 is 6.15. The van der Waals surface area contributed by atoms with Crippen molar-refractivity contribution in [2.24, 2.45) is 0 Å². The summed E-state index contributed by atoms with van der Waals surface area (Å²) in [6.45, 7) is 4.07. The van der Waals surface area contributed by atoms with Crippen LogP contribution in [0.15, 0.2) is 24.3 Å². The van der Waals surface area contributed by atoms with Crippen molar-refractivity contribution in [3.05, 3.63) is 35.4 Å². The molecule has 1 atom stereocenters. The van der Waals surface area contributed by atoms with E-state index in [0.717, 1.165) is 19.6 Å². The van der Waals surface area contributed by atoms with E-state index in [4.69, 9.17) is 4.74 Å². The van der Waals surface area contributed by atoms with Crippen LogP contribution in [-0.2, 0) is 11.3 Å². The van der Waals surface area contributed by atoms with Crippen molar-refractivity contribution in [2.45, 2.75) is 50.8 Å². The molecule has 0 aliphatic carbocycles. The monoisotopic (exact) mass is 291 g/mol. The number of thioether (sulfide) groups is 1. The number of hydrogen-bond donors (Lipinski definition) is 1. The van der Waals surface area contributed by atoms with Gasteiger partial charge in [0.15, 0.2) is 0 Å². The molecule has 0 radical (unpaired) electrons. The van der Waals surface area contributed by atoms with E-state index in [0.29, 0.717) is 6.04 Å². The molecule has 2 aliphatic rings. The van der Waals surface area contributed by atoms with Crippen LogP contribution in [0.25, 0.3) is 0 Å². The van der Waals surface area contributed by atoms with E-state index < -0.39 is 0 Å². The number of hydrogen-bond acceptors (Lipinski definition) is 3. The first-order chi connectivity index (χ1) is 9.76. The van der Waals surface area contributed by atoms with E-state index in [1.165, 1.54) is 41.9 Å². The molecule has 0 amide bonds. The van der Waals surface area contributed by atoms with Gasteiger partial charge in [0.25, 0.3) is 0 Å². The van der Waals surface area contributed by atoms with Crippen LogP contribution in [-0.4, -0.2) is 29.8 Å². The van der Waals surface area contributed by atoms with Gasteiger partial charge in [0.2, 0.25) is 0 Å². The predicted octanol–water partition coefficient (Wildman–Crippen LogP) is 3.53. The molecule has 1 N–H and O–H groups in total. The van der Waals surface area contributed by atoms with Crippen molar-refractivity contribution in [2.75, 3.05) is 18.1 Å². The Labute approximate surface area is 126 Å². The molecule has 2 heterocycles. The highest BCUT2D eigenvalue weighted by Crippen LogP contribution is 2.37. The molecule has 0 saturated carbocycles. The van der Waals surface area contributed by atoms with E-state index in [-0.39, 0.29) is 5.60 Å². The fourth-order valence-corrected chi connectivity index (χ4v) is 4.61. The summed E-state index contributed by atoms with van der Waals surface area (Å²) in [5.41, 5.74) is 2.93. The maximum Gasteiger partial charge on any atom is 0.0713 e. The topological polar surface area (TPSA) is 21.3 Å². The zero-order chi connectivity index (χ0) is 13.8. The fraction of sp³-hybridized carbons (Fsp3) is 0.647. The van der Waals surface area contributed by atoms with Crippen LogP contribution in [0.2, 0.25) is 0 Å². The van der Waals surface area contributed by atoms with E-state index in [2.05, 4.69) is 48.3 Å². The second-order valence-electron chi connectivity index (χ2n) is 6.20. The fourth-order valence-electron chi connectivity index (χ4n) is 3.38. The molecular weight excluding hydrogens is 266 g/mol. The molecule has 1 spiro atoms. The van der Waals surface area contributed by atoms with Gasteiger partial charge in [-0.2, -0.15) is 11.8 Å². The quantitative estimate of drug-likeness (QED) is 0.920. The minimum atomic E-state index is 0.188. The van der Waals surface area contributed by atoms with Gasteiger partial charge in [-0.25, -0.2) is 0 Å². The van der Waals surface area contributed by atoms with Gasteiger partial charge in [-0.3, -0.25) is 0 Å². The van der Waals surface area contributed by atoms with E-state index in [1.54, 1.807) is 0 Å². The first-order valence-corrected chi connectivity index (χ1v) is 8.92. The van der Waals surface area contributed by atoms with Gasteiger partial charge >= 0.3 is 0 Å². The minimum absolute atomic E-state index is 0.188. The smallest absolute Gasteiger partial charge is 0.0713 e. The van der Waals surface area contributed by atoms with Gasteiger partial charge in [-0.15, -0.1) is 0 Å². The molecule has 1 unspecified atom stereocenters. The highest BCUT2D eigenvalue weighted by atomic mass is 32.2. The van der Waals surface area contributed by atoms with Crippen LogP contribution in [0.1, 0.15) is 36.8 Å². The lowest BCUT2D eigenvalue weighted by Gasteiger charge is -2.43. The van der Waals surface area contributed by atoms with Gasteiger partial charge in [0, 0.05) is 19.2 Å². The third-order valence-electron chi connectivity index (χ3n) is 4.57. The number of aryl methyl sites for hydroxylation is 1. The Hall–Kier alpha value is -0.510. The molecule has 3 rings (SSSR count). The lowest BCUT2D eigenvalue weighted by atomic mass is 9.85. The van der Waals surface area contributed by atoms with Gasteiger partial charge in [0.1, 0.15) is 0 Å². The average Bonchev–Trinajstić information content (AvgIpc) is 2.46. The van der Waals surface area contributed by atoms with Crippen molar-refractivity contribution in [3.8, 4) is 0 Å². The summed E-state index contributed by atoms with van der Waals surface area (Å²) in [5.74, 6) is 2.54. The summed E-state index contributed by atoms with van der Waals surface area (Å²) in [5, 5.41) is 3.75. The molecule has 0 aromatic heterocycles. The average molecular weight is 291 g/mol. The first kappa shape index (κ1) is 14.4. The lowest BCUT2D eigenvalue weighted by molar-refractivity contribution is -0.0933. The van der Waals surface area contributed by atoms with Crippen molar-refractivity contribution in [1.29, 1.82) is 0 Å². The van der Waals surface area contributed by atoms with Crippen molar-refractivity contribution < 1.29 is 4.74 Å². The Morgan fingerprint density at radius 3 is 3.00 bits per heavy atom. The molecule has 2 saturated heterocycles. The molecule has 1 aromatic rings. The maximum atomic E-state index is 6.15. The molecule has 2 aliphatic heterocycles. The van der Waals surface area contributed by atoms with Crippen molar-refractivity contribution in [1.82, 2.24) is 5.32 Å². The van der Waals surface area contributed by atoms with Crippen LogP contribution in [0.3, 0.4) is 0 Å². The summed E-state index contributed by atoms with van der Waals surface area (Å²) in [4.78, 5) is 0. The van der Waals surface area contributed by atoms with Crippen LogP contribution < -0.4 is 5.32 Å². The molecule has 20 heavy (non-hydrogen) atoms. The van der Waals surface area contributed by atoms with Crippen molar-refractivity contribution >= 4 is 11.8 Å². The lowest BCUT2D eigenvalue weighted by Crippen LogP contribution is -2.48. The van der Waals surface area contributed by atoms with Crippen LogP contribution >= 0.6 is 11.8 Å². The van der Waals surface area contributed by atoms with Crippen LogP contribution in [0, 0.1) is 6.92 Å². The zero-order valence-corrected chi connectivity index (χ0v) is 13.2. The highest BCUT2D eigenvalue weighted by molar-refractivity contribution is 7.99. The number of ether oxygens (including phenoxy) is 1. The number of benzene rings is 1. The molecule has 0 bridgehead atoms. The Morgan fingerprint density at radius 2 is 2.20 bits per heavy atom. The normalized spacial score (nSPS) is 25.8. The molecule has 1 aromatic carbocycles. The van der Waals surface area contributed by atoms with E-state index in [9.17, 15) is 0 Å². The third-order valence-corrected chi connectivity index (χ3v) is 5.56. The molecular formula is C17H25NOS. The Balaban J connectivity index is 1.55. The largest absolute Gasteiger partial charge is 0.375 e. The number of rotatable bonds is 3. The summed E-state index contributed by atoms with van der Waals surface area (Å²) in [6.07, 6.45) is 4.82. The second-order valence-corrected chi connectivity index (χ2v) is 7.43. The van der Waals surface area contributed by atoms with Gasteiger partial charge in [0.05, 0.1) is 5.60 Å². The zero-order valence-electron chi connectivity index (χ0n) is 12.4. The SMILES string of the molecule is Cc1cccc(CNC2CCOC3(CCSCC3)C2)c1. The Morgan fingerprint density at radius 1 is 1.35 bits per heavy atom. The van der Waals surface area contributed by atoms with Crippen LogP contribution in [0.4, 0.5) is 0 Å². The second kappa shape index (κ2) is 6.50. The summed E-state index contributed by atoms with van der Waals surface area (Å²) in [6, 6.07) is 9.42. The molecule has 2 fully saturated rings. The van der Waals surface area contributed by atoms with Gasteiger partial charge in [-0.05, 0) is 49.7 Å². The van der Waals surface area contributed by atoms with Crippen LogP contribution in [0.5, 0.6) is 0 Å². The standard InChI is InChI=1S/C17H25NOS/c1-14-3-2-4-15(11-14)13-18-16-5-8-19-17(12-16)6-9-20-10-7-17/h2-4,11,16,18H,5-10,12-13H2,1H3. The predicted molar refractivity (Wildman–Crippen MR) is 86.3 cm³/mol. The Kier molecular flexibility index (Phi) is 4.69. The minimum Gasteiger partial charge on any atom is -0.375 e. The van der Waals surface area contributed by atoms with Crippen molar-refractivity contribution in [3.63, 3.8) is 0 Å².